The molecule has 11 heteroatoms. The Bertz CT molecular complexity index is 1210. The molecule has 1 aliphatic heterocycles. The smallest absolute Gasteiger partial charge is 0.269 e. The van der Waals surface area contributed by atoms with Gasteiger partial charge in [-0.3, -0.25) is 14.3 Å². The molecule has 28 heavy (non-hydrogen) atoms. The molecule has 2 amide bonds. The summed E-state index contributed by atoms with van der Waals surface area (Å²) in [7, 11) is -2.23. The van der Waals surface area contributed by atoms with E-state index in [1.807, 2.05) is 13.1 Å². The number of amides is 2. The Kier molecular flexibility index (Phi) is 4.27. The van der Waals surface area contributed by atoms with E-state index in [1.165, 1.54) is 29.5 Å². The molecule has 0 radical (unpaired) electrons. The summed E-state index contributed by atoms with van der Waals surface area (Å²) in [5.74, 6) is -1.36. The Morgan fingerprint density at radius 1 is 1.25 bits per heavy atom. The number of benzene rings is 1. The summed E-state index contributed by atoms with van der Waals surface area (Å²) in [5, 5.41) is 8.89. The zero-order valence-electron chi connectivity index (χ0n) is 14.9. The van der Waals surface area contributed by atoms with Crippen LogP contribution in [0.5, 0.6) is 0 Å². The van der Waals surface area contributed by atoms with Gasteiger partial charge in [0.05, 0.1) is 17.0 Å². The van der Waals surface area contributed by atoms with Gasteiger partial charge in [-0.05, 0) is 19.1 Å². The summed E-state index contributed by atoms with van der Waals surface area (Å²) >= 11 is 1.20. The number of aryl methyl sites for hydroxylation is 2. The number of carbonyl (C=O) groups is 2. The van der Waals surface area contributed by atoms with Gasteiger partial charge in [-0.2, -0.15) is 5.10 Å². The molecule has 4 rings (SSSR count). The Morgan fingerprint density at radius 3 is 2.68 bits per heavy atom. The Labute approximate surface area is 164 Å². The van der Waals surface area contributed by atoms with E-state index in [0.717, 1.165) is 11.3 Å². The highest BCUT2D eigenvalue weighted by Gasteiger charge is 2.41. The second-order valence-corrected chi connectivity index (χ2v) is 8.89. The van der Waals surface area contributed by atoms with E-state index in [0.29, 0.717) is 15.1 Å². The van der Waals surface area contributed by atoms with E-state index >= 15 is 0 Å². The van der Waals surface area contributed by atoms with E-state index in [2.05, 4.69) is 15.4 Å². The minimum Gasteiger partial charge on any atom is -0.300 e. The van der Waals surface area contributed by atoms with Crippen molar-refractivity contribution in [2.24, 2.45) is 7.05 Å². The minimum absolute atomic E-state index is 0.0684. The fourth-order valence-electron chi connectivity index (χ4n) is 2.98. The van der Waals surface area contributed by atoms with Crippen LogP contribution >= 0.6 is 11.3 Å². The molecular weight excluding hydrogens is 402 g/mol. The lowest BCUT2D eigenvalue weighted by Gasteiger charge is -2.13. The second kappa shape index (κ2) is 6.53. The molecule has 1 N–H and O–H groups in total. The van der Waals surface area contributed by atoms with E-state index in [1.54, 1.807) is 23.2 Å². The van der Waals surface area contributed by atoms with Crippen molar-refractivity contribution in [1.82, 2.24) is 19.1 Å². The van der Waals surface area contributed by atoms with Gasteiger partial charge in [-0.15, -0.1) is 11.3 Å². The predicted molar refractivity (Wildman–Crippen MR) is 102 cm³/mol. The summed E-state index contributed by atoms with van der Waals surface area (Å²) in [4.78, 5) is 29.0. The number of sulfonamides is 1. The normalized spacial score (nSPS) is 14.9. The van der Waals surface area contributed by atoms with Crippen LogP contribution in [0.15, 0.2) is 40.7 Å². The lowest BCUT2D eigenvalue weighted by atomic mass is 10.2. The number of fused-ring (bicyclic) bond motifs is 1. The van der Waals surface area contributed by atoms with Crippen molar-refractivity contribution in [1.29, 1.82) is 0 Å². The first-order chi connectivity index (χ1) is 13.3. The Hall–Kier alpha value is -3.05. The summed E-state index contributed by atoms with van der Waals surface area (Å²) in [6.45, 7) is 1.24. The van der Waals surface area contributed by atoms with Gasteiger partial charge in [0, 0.05) is 24.2 Å². The standard InChI is InChI=1S/C17H15N5O4S2/c1-10-12(7-21(2)20-10)13-9-27-17(18-13)19-15(23)8-22-16(24)11-5-3-4-6-14(11)28(22,25)26/h3-7,9H,8H2,1-2H3,(H,18,19,23). The largest absolute Gasteiger partial charge is 0.300 e. The van der Waals surface area contributed by atoms with Crippen LogP contribution in [0.4, 0.5) is 5.13 Å². The van der Waals surface area contributed by atoms with Crippen molar-refractivity contribution >= 4 is 38.3 Å². The maximum atomic E-state index is 12.5. The van der Waals surface area contributed by atoms with Crippen molar-refractivity contribution in [3.05, 3.63) is 47.1 Å². The van der Waals surface area contributed by atoms with Crippen LogP contribution in [0.2, 0.25) is 0 Å². The van der Waals surface area contributed by atoms with E-state index in [9.17, 15) is 18.0 Å². The van der Waals surface area contributed by atoms with Gasteiger partial charge in [0.2, 0.25) is 5.91 Å². The number of hydrogen-bond donors (Lipinski definition) is 1. The quantitative estimate of drug-likeness (QED) is 0.690. The lowest BCUT2D eigenvalue weighted by Crippen LogP contribution is -2.37. The number of rotatable bonds is 4. The maximum Gasteiger partial charge on any atom is 0.269 e. The lowest BCUT2D eigenvalue weighted by molar-refractivity contribution is -0.116. The minimum atomic E-state index is -4.03. The Morgan fingerprint density at radius 2 is 2.00 bits per heavy atom. The number of nitrogens with one attached hydrogen (secondary N) is 1. The fraction of sp³-hybridized carbons (Fsp3) is 0.176. The van der Waals surface area contributed by atoms with E-state index in [-0.39, 0.29) is 10.5 Å². The highest BCUT2D eigenvalue weighted by atomic mass is 32.2. The van der Waals surface area contributed by atoms with Gasteiger partial charge in [0.25, 0.3) is 15.9 Å². The van der Waals surface area contributed by atoms with Gasteiger partial charge in [0.15, 0.2) is 5.13 Å². The van der Waals surface area contributed by atoms with Crippen LogP contribution < -0.4 is 5.32 Å². The third kappa shape index (κ3) is 2.98. The topological polar surface area (TPSA) is 114 Å². The van der Waals surface area contributed by atoms with Crippen LogP contribution in [0, 0.1) is 6.92 Å². The first-order valence-electron chi connectivity index (χ1n) is 8.19. The highest BCUT2D eigenvalue weighted by Crippen LogP contribution is 2.30. The van der Waals surface area contributed by atoms with Crippen LogP contribution in [-0.2, 0) is 21.9 Å². The van der Waals surface area contributed by atoms with E-state index < -0.39 is 28.4 Å². The average molecular weight is 417 g/mol. The summed E-state index contributed by atoms with van der Waals surface area (Å²) < 4.78 is 27.3. The zero-order valence-corrected chi connectivity index (χ0v) is 16.5. The number of aromatic nitrogens is 3. The Balaban J connectivity index is 1.50. The summed E-state index contributed by atoms with van der Waals surface area (Å²) in [6, 6.07) is 5.89. The molecule has 3 heterocycles. The molecular formula is C17H15N5O4S2. The maximum absolute atomic E-state index is 12.5. The van der Waals surface area contributed by atoms with Crippen molar-refractivity contribution in [3.63, 3.8) is 0 Å². The van der Waals surface area contributed by atoms with Crippen molar-refractivity contribution in [2.75, 3.05) is 11.9 Å². The summed E-state index contributed by atoms with van der Waals surface area (Å²) in [5.41, 5.74) is 2.37. The van der Waals surface area contributed by atoms with E-state index in [4.69, 9.17) is 0 Å². The monoisotopic (exact) mass is 417 g/mol. The van der Waals surface area contributed by atoms with Crippen LogP contribution in [0.3, 0.4) is 0 Å². The molecule has 0 aliphatic carbocycles. The molecule has 1 aliphatic rings. The molecule has 0 saturated carbocycles. The van der Waals surface area contributed by atoms with Gasteiger partial charge < -0.3 is 5.32 Å². The molecule has 3 aromatic rings. The zero-order chi connectivity index (χ0) is 20.1. The van der Waals surface area contributed by atoms with Gasteiger partial charge in [-0.25, -0.2) is 17.7 Å². The highest BCUT2D eigenvalue weighted by molar-refractivity contribution is 7.90. The first kappa shape index (κ1) is 18.3. The van der Waals surface area contributed by atoms with Crippen LogP contribution in [0.25, 0.3) is 11.3 Å². The number of carbonyl (C=O) groups excluding carboxylic acids is 2. The van der Waals surface area contributed by atoms with Crippen molar-refractivity contribution in [3.8, 4) is 11.3 Å². The van der Waals surface area contributed by atoms with Gasteiger partial charge in [-0.1, -0.05) is 12.1 Å². The predicted octanol–water partition coefficient (Wildman–Crippen LogP) is 1.64. The molecule has 0 bridgehead atoms. The summed E-state index contributed by atoms with van der Waals surface area (Å²) in [6.07, 6.45) is 1.82. The third-order valence-corrected chi connectivity index (χ3v) is 6.78. The molecule has 0 fully saturated rings. The number of anilines is 1. The van der Waals surface area contributed by atoms with Crippen LogP contribution in [0.1, 0.15) is 16.1 Å². The molecule has 9 nitrogen and oxygen atoms in total. The first-order valence-corrected chi connectivity index (χ1v) is 10.5. The number of thiazole rings is 1. The number of nitrogens with zero attached hydrogens (tertiary/aromatic N) is 4. The molecule has 144 valence electrons. The fourth-order valence-corrected chi connectivity index (χ4v) is 5.23. The van der Waals surface area contributed by atoms with Crippen molar-refractivity contribution < 1.29 is 18.0 Å². The molecule has 0 saturated heterocycles. The van der Waals surface area contributed by atoms with Gasteiger partial charge >= 0.3 is 0 Å². The molecule has 0 unspecified atom stereocenters. The number of hydrogen-bond acceptors (Lipinski definition) is 7. The van der Waals surface area contributed by atoms with Crippen molar-refractivity contribution in [2.45, 2.75) is 11.8 Å². The SMILES string of the molecule is Cc1nn(C)cc1-c1csc(NC(=O)CN2C(=O)c3ccccc3S2(=O)=O)n1. The second-order valence-electron chi connectivity index (χ2n) is 6.20. The van der Waals surface area contributed by atoms with Gasteiger partial charge in [0.1, 0.15) is 11.4 Å². The molecule has 0 spiro atoms. The molecule has 0 atom stereocenters. The van der Waals surface area contributed by atoms with Crippen LogP contribution in [-0.4, -0.2) is 45.8 Å². The average Bonchev–Trinajstić information content (AvgIpc) is 3.28. The molecule has 1 aromatic carbocycles. The third-order valence-electron chi connectivity index (χ3n) is 4.24. The molecule has 2 aromatic heterocycles.